The zero-order valence-corrected chi connectivity index (χ0v) is 12.5. The van der Waals surface area contributed by atoms with Crippen LogP contribution in [0.5, 0.6) is 0 Å². The second-order valence-electron chi connectivity index (χ2n) is 5.79. The van der Waals surface area contributed by atoms with E-state index in [0.29, 0.717) is 12.1 Å². The Kier molecular flexibility index (Phi) is 7.82. The molecule has 108 valence electrons. The summed E-state index contributed by atoms with van der Waals surface area (Å²) >= 11 is 0. The van der Waals surface area contributed by atoms with Crippen molar-refractivity contribution in [3.63, 3.8) is 0 Å². The lowest BCUT2D eigenvalue weighted by Crippen LogP contribution is -2.59. The van der Waals surface area contributed by atoms with E-state index in [9.17, 15) is 0 Å². The predicted molar refractivity (Wildman–Crippen MR) is 78.4 cm³/mol. The van der Waals surface area contributed by atoms with E-state index in [2.05, 4.69) is 36.2 Å². The second kappa shape index (κ2) is 8.86. The first-order valence-corrected chi connectivity index (χ1v) is 7.54. The highest BCUT2D eigenvalue weighted by atomic mass is 15.3. The number of rotatable bonds is 8. The number of piperazine rings is 1. The Morgan fingerprint density at radius 3 is 2.56 bits per heavy atom. The molecule has 1 aliphatic heterocycles. The molecule has 18 heavy (non-hydrogen) atoms. The van der Waals surface area contributed by atoms with E-state index in [0.717, 1.165) is 13.1 Å². The van der Waals surface area contributed by atoms with Gasteiger partial charge in [-0.3, -0.25) is 16.2 Å². The molecule has 0 spiro atoms. The van der Waals surface area contributed by atoms with Crippen LogP contribution in [0, 0.1) is 0 Å². The molecule has 0 aromatic carbocycles. The number of hydrazine groups is 1. The molecule has 2 atom stereocenters. The van der Waals surface area contributed by atoms with Gasteiger partial charge in [0.1, 0.15) is 0 Å². The molecular weight excluding hydrogens is 224 g/mol. The van der Waals surface area contributed by atoms with E-state index >= 15 is 0 Å². The van der Waals surface area contributed by atoms with Crippen molar-refractivity contribution in [1.82, 2.24) is 15.2 Å². The van der Waals surface area contributed by atoms with Gasteiger partial charge in [-0.05, 0) is 20.5 Å². The SMILES string of the molecule is CCCCCCCC(NN)C1CN(C)CCN1C. The molecule has 0 aromatic rings. The summed E-state index contributed by atoms with van der Waals surface area (Å²) in [5.74, 6) is 5.76. The van der Waals surface area contributed by atoms with Crippen LogP contribution < -0.4 is 11.3 Å². The third-order valence-corrected chi connectivity index (χ3v) is 4.20. The van der Waals surface area contributed by atoms with E-state index in [1.807, 2.05) is 0 Å². The Morgan fingerprint density at radius 1 is 1.17 bits per heavy atom. The summed E-state index contributed by atoms with van der Waals surface area (Å²) in [7, 11) is 4.42. The average molecular weight is 256 g/mol. The van der Waals surface area contributed by atoms with E-state index in [-0.39, 0.29) is 0 Å². The Hall–Kier alpha value is -0.160. The summed E-state index contributed by atoms with van der Waals surface area (Å²) in [5.41, 5.74) is 3.05. The highest BCUT2D eigenvalue weighted by Crippen LogP contribution is 2.15. The summed E-state index contributed by atoms with van der Waals surface area (Å²) in [5, 5.41) is 0. The maximum atomic E-state index is 5.76. The molecule has 0 bridgehead atoms. The van der Waals surface area contributed by atoms with Crippen molar-refractivity contribution in [3.8, 4) is 0 Å². The molecule has 1 saturated heterocycles. The molecule has 3 N–H and O–H groups in total. The van der Waals surface area contributed by atoms with Crippen LogP contribution in [0.4, 0.5) is 0 Å². The molecule has 1 fully saturated rings. The summed E-state index contributed by atoms with van der Waals surface area (Å²) in [6.07, 6.45) is 7.89. The number of nitrogens with zero attached hydrogens (tertiary/aromatic N) is 2. The molecular formula is C14H32N4. The van der Waals surface area contributed by atoms with Gasteiger partial charge in [-0.1, -0.05) is 39.0 Å². The van der Waals surface area contributed by atoms with Crippen molar-refractivity contribution in [2.75, 3.05) is 33.7 Å². The van der Waals surface area contributed by atoms with Gasteiger partial charge in [-0.2, -0.15) is 0 Å². The van der Waals surface area contributed by atoms with Gasteiger partial charge >= 0.3 is 0 Å². The molecule has 2 unspecified atom stereocenters. The lowest BCUT2D eigenvalue weighted by molar-refractivity contribution is 0.0845. The molecule has 0 saturated carbocycles. The first-order valence-electron chi connectivity index (χ1n) is 7.54. The van der Waals surface area contributed by atoms with Crippen LogP contribution in [0.15, 0.2) is 0 Å². The highest BCUT2D eigenvalue weighted by molar-refractivity contribution is 4.87. The van der Waals surface area contributed by atoms with Crippen LogP contribution in [0.1, 0.15) is 45.4 Å². The van der Waals surface area contributed by atoms with Gasteiger partial charge < -0.3 is 4.90 Å². The summed E-state index contributed by atoms with van der Waals surface area (Å²) in [6.45, 7) is 5.70. The first-order chi connectivity index (χ1) is 8.69. The Labute approximate surface area is 113 Å². The Balaban J connectivity index is 2.30. The molecule has 0 aliphatic carbocycles. The average Bonchev–Trinajstić information content (AvgIpc) is 2.37. The van der Waals surface area contributed by atoms with E-state index in [4.69, 9.17) is 5.84 Å². The van der Waals surface area contributed by atoms with Gasteiger partial charge in [0, 0.05) is 31.7 Å². The maximum absolute atomic E-state index is 5.76. The number of nitrogens with two attached hydrogens (primary N) is 1. The zero-order valence-electron chi connectivity index (χ0n) is 12.5. The normalized spacial score (nSPS) is 24.3. The second-order valence-corrected chi connectivity index (χ2v) is 5.79. The third-order valence-electron chi connectivity index (χ3n) is 4.20. The quantitative estimate of drug-likeness (QED) is 0.392. The number of hydrogen-bond acceptors (Lipinski definition) is 4. The third kappa shape index (κ3) is 5.22. The summed E-state index contributed by atoms with van der Waals surface area (Å²) in [6, 6.07) is 0.985. The van der Waals surface area contributed by atoms with Crippen LogP contribution in [0.2, 0.25) is 0 Å². The maximum Gasteiger partial charge on any atom is 0.0387 e. The van der Waals surface area contributed by atoms with E-state index in [1.54, 1.807) is 0 Å². The van der Waals surface area contributed by atoms with E-state index in [1.165, 1.54) is 45.1 Å². The highest BCUT2D eigenvalue weighted by Gasteiger charge is 2.28. The van der Waals surface area contributed by atoms with Gasteiger partial charge in [-0.15, -0.1) is 0 Å². The molecule has 1 heterocycles. The minimum atomic E-state index is 0.430. The van der Waals surface area contributed by atoms with Gasteiger partial charge in [0.2, 0.25) is 0 Å². The van der Waals surface area contributed by atoms with Crippen LogP contribution in [-0.4, -0.2) is 55.6 Å². The molecule has 0 aromatic heterocycles. The molecule has 1 rings (SSSR count). The molecule has 1 aliphatic rings. The van der Waals surface area contributed by atoms with Crippen molar-refractivity contribution in [3.05, 3.63) is 0 Å². The van der Waals surface area contributed by atoms with Crippen molar-refractivity contribution in [2.45, 2.75) is 57.5 Å². The van der Waals surface area contributed by atoms with Gasteiger partial charge in [0.05, 0.1) is 0 Å². The van der Waals surface area contributed by atoms with Crippen LogP contribution in [0.25, 0.3) is 0 Å². The predicted octanol–water partition coefficient (Wildman–Crippen LogP) is 1.42. The van der Waals surface area contributed by atoms with Crippen LogP contribution >= 0.6 is 0 Å². The fourth-order valence-electron chi connectivity index (χ4n) is 2.83. The van der Waals surface area contributed by atoms with Crippen molar-refractivity contribution >= 4 is 0 Å². The van der Waals surface area contributed by atoms with Gasteiger partial charge in [-0.25, -0.2) is 0 Å². The summed E-state index contributed by atoms with van der Waals surface area (Å²) in [4.78, 5) is 4.86. The fourth-order valence-corrected chi connectivity index (χ4v) is 2.83. The standard InChI is InChI=1S/C14H32N4/c1-4-5-6-7-8-9-13(16-15)14-12-17(2)10-11-18(14)3/h13-14,16H,4-12,15H2,1-3H3. The Morgan fingerprint density at radius 2 is 1.89 bits per heavy atom. The van der Waals surface area contributed by atoms with Crippen LogP contribution in [0.3, 0.4) is 0 Å². The lowest BCUT2D eigenvalue weighted by atomic mass is 9.98. The van der Waals surface area contributed by atoms with Gasteiger partial charge in [0.25, 0.3) is 0 Å². The molecule has 0 amide bonds. The van der Waals surface area contributed by atoms with Crippen molar-refractivity contribution in [1.29, 1.82) is 0 Å². The fraction of sp³-hybridized carbons (Fsp3) is 1.00. The minimum Gasteiger partial charge on any atom is -0.303 e. The van der Waals surface area contributed by atoms with Crippen LogP contribution in [-0.2, 0) is 0 Å². The van der Waals surface area contributed by atoms with Crippen molar-refractivity contribution in [2.24, 2.45) is 5.84 Å². The van der Waals surface area contributed by atoms with Gasteiger partial charge in [0.15, 0.2) is 0 Å². The zero-order chi connectivity index (χ0) is 13.4. The molecule has 4 heteroatoms. The smallest absolute Gasteiger partial charge is 0.0387 e. The number of hydrogen-bond donors (Lipinski definition) is 2. The Bertz CT molecular complexity index is 210. The van der Waals surface area contributed by atoms with E-state index < -0.39 is 0 Å². The number of likely N-dealkylation sites (N-methyl/N-ethyl adjacent to an activating group) is 2. The topological polar surface area (TPSA) is 44.5 Å². The monoisotopic (exact) mass is 256 g/mol. The first kappa shape index (κ1) is 15.9. The van der Waals surface area contributed by atoms with Crippen molar-refractivity contribution < 1.29 is 0 Å². The molecule has 0 radical (unpaired) electrons. The molecule has 4 nitrogen and oxygen atoms in total. The lowest BCUT2D eigenvalue weighted by Gasteiger charge is -2.41. The largest absolute Gasteiger partial charge is 0.303 e. The number of nitrogens with one attached hydrogen (secondary N) is 1. The summed E-state index contributed by atoms with van der Waals surface area (Å²) < 4.78 is 0. The minimum absolute atomic E-state index is 0.430. The number of unbranched alkanes of at least 4 members (excludes halogenated alkanes) is 4.